The summed E-state index contributed by atoms with van der Waals surface area (Å²) in [7, 11) is 5.11. The van der Waals surface area contributed by atoms with Crippen molar-refractivity contribution in [2.45, 2.75) is 38.8 Å². The maximum atomic E-state index is 5.38. The maximum Gasteiger partial charge on any atom is 0.191 e. The van der Waals surface area contributed by atoms with Gasteiger partial charge in [0.2, 0.25) is 0 Å². The molecule has 0 unspecified atom stereocenters. The van der Waals surface area contributed by atoms with E-state index < -0.39 is 0 Å². The van der Waals surface area contributed by atoms with Gasteiger partial charge in [-0.1, -0.05) is 36.8 Å². The van der Waals surface area contributed by atoms with Crippen LogP contribution in [-0.4, -0.2) is 51.8 Å². The lowest BCUT2D eigenvalue weighted by Crippen LogP contribution is -2.37. The van der Waals surface area contributed by atoms with E-state index in [0.29, 0.717) is 0 Å². The van der Waals surface area contributed by atoms with E-state index in [4.69, 9.17) is 9.47 Å². The summed E-state index contributed by atoms with van der Waals surface area (Å²) in [6, 6.07) is 14.9. The average molecular weight is 553 g/mol. The van der Waals surface area contributed by atoms with Gasteiger partial charge in [0.1, 0.15) is 0 Å². The third-order valence-corrected chi connectivity index (χ3v) is 5.72. The van der Waals surface area contributed by atoms with E-state index in [2.05, 4.69) is 50.9 Å². The molecule has 0 aliphatic carbocycles. The summed E-state index contributed by atoms with van der Waals surface area (Å²) < 4.78 is 10.7. The number of hydrogen-bond acceptors (Lipinski definition) is 4. The molecule has 2 N–H and O–H groups in total. The van der Waals surface area contributed by atoms with Gasteiger partial charge in [-0.2, -0.15) is 0 Å². The molecular formula is C25H37IN4O2. The third kappa shape index (κ3) is 8.16. The van der Waals surface area contributed by atoms with E-state index in [0.717, 1.165) is 43.5 Å². The average Bonchev–Trinajstić information content (AvgIpc) is 2.82. The van der Waals surface area contributed by atoms with Crippen LogP contribution in [0.1, 0.15) is 36.0 Å². The van der Waals surface area contributed by atoms with Gasteiger partial charge < -0.3 is 20.1 Å². The highest BCUT2D eigenvalue weighted by Crippen LogP contribution is 2.27. The predicted octanol–water partition coefficient (Wildman–Crippen LogP) is 4.22. The standard InChI is InChI=1S/C25H36N4O2.HI/c1-26-25(27-14-13-20-11-12-23(30-2)24(17-20)31-3)28-18-21-7-9-22(10-8-21)19-29-15-5-4-6-16-29;/h7-12,17H,4-6,13-16,18-19H2,1-3H3,(H2,26,27,28);1H. The zero-order valence-corrected chi connectivity index (χ0v) is 21.9. The number of ether oxygens (including phenoxy) is 2. The number of methoxy groups -OCH3 is 2. The van der Waals surface area contributed by atoms with Gasteiger partial charge in [0.15, 0.2) is 17.5 Å². The first-order chi connectivity index (χ1) is 15.2. The van der Waals surface area contributed by atoms with Crippen molar-refractivity contribution < 1.29 is 9.47 Å². The fraction of sp³-hybridized carbons (Fsp3) is 0.480. The van der Waals surface area contributed by atoms with Gasteiger partial charge >= 0.3 is 0 Å². The number of hydrogen-bond donors (Lipinski definition) is 2. The summed E-state index contributed by atoms with van der Waals surface area (Å²) in [4.78, 5) is 6.89. The highest BCUT2D eigenvalue weighted by molar-refractivity contribution is 14.0. The van der Waals surface area contributed by atoms with Crippen LogP contribution in [-0.2, 0) is 19.5 Å². The highest BCUT2D eigenvalue weighted by atomic mass is 127. The fourth-order valence-corrected chi connectivity index (χ4v) is 3.91. The number of benzene rings is 2. The van der Waals surface area contributed by atoms with Gasteiger partial charge in [0.05, 0.1) is 14.2 Å². The molecule has 0 radical (unpaired) electrons. The first-order valence-corrected chi connectivity index (χ1v) is 11.2. The Balaban J connectivity index is 0.00000363. The van der Waals surface area contributed by atoms with Crippen LogP contribution in [0, 0.1) is 0 Å². The number of aliphatic imine (C=N–C) groups is 1. The summed E-state index contributed by atoms with van der Waals surface area (Å²) >= 11 is 0. The zero-order valence-electron chi connectivity index (χ0n) is 19.5. The normalized spacial score (nSPS) is 14.4. The summed E-state index contributed by atoms with van der Waals surface area (Å²) in [5, 5.41) is 6.78. The molecule has 1 aliphatic heterocycles. The van der Waals surface area contributed by atoms with E-state index in [1.54, 1.807) is 21.3 Å². The Bertz CT molecular complexity index is 836. The van der Waals surface area contributed by atoms with Crippen LogP contribution in [0.15, 0.2) is 47.5 Å². The number of likely N-dealkylation sites (tertiary alicyclic amines) is 1. The summed E-state index contributed by atoms with van der Waals surface area (Å²) in [6.45, 7) is 5.06. The molecule has 176 valence electrons. The van der Waals surface area contributed by atoms with Gasteiger partial charge in [0, 0.05) is 26.7 Å². The molecule has 1 fully saturated rings. The summed E-state index contributed by atoms with van der Waals surface area (Å²) in [5.74, 6) is 2.31. The Morgan fingerprint density at radius 1 is 0.875 bits per heavy atom. The number of halogens is 1. The quantitative estimate of drug-likeness (QED) is 0.277. The van der Waals surface area contributed by atoms with Gasteiger partial charge in [-0.3, -0.25) is 9.89 Å². The number of nitrogens with one attached hydrogen (secondary N) is 2. The van der Waals surface area contributed by atoms with Crippen molar-refractivity contribution in [1.82, 2.24) is 15.5 Å². The van der Waals surface area contributed by atoms with Crippen LogP contribution < -0.4 is 20.1 Å². The lowest BCUT2D eigenvalue weighted by molar-refractivity contribution is 0.221. The molecule has 1 aliphatic rings. The first kappa shape index (κ1) is 26.3. The van der Waals surface area contributed by atoms with Crippen LogP contribution in [0.4, 0.5) is 0 Å². The third-order valence-electron chi connectivity index (χ3n) is 5.72. The topological polar surface area (TPSA) is 58.1 Å². The largest absolute Gasteiger partial charge is 0.493 e. The molecule has 2 aromatic carbocycles. The van der Waals surface area contributed by atoms with E-state index in [1.165, 1.54) is 49.0 Å². The maximum absolute atomic E-state index is 5.38. The van der Waals surface area contributed by atoms with Crippen molar-refractivity contribution in [2.75, 3.05) is 40.9 Å². The van der Waals surface area contributed by atoms with Crippen LogP contribution in [0.5, 0.6) is 11.5 Å². The Morgan fingerprint density at radius 3 is 2.19 bits per heavy atom. The first-order valence-electron chi connectivity index (χ1n) is 11.2. The monoisotopic (exact) mass is 552 g/mol. The van der Waals surface area contributed by atoms with Gasteiger partial charge in [-0.15, -0.1) is 24.0 Å². The second-order valence-electron chi connectivity index (χ2n) is 7.95. The minimum absolute atomic E-state index is 0. The smallest absolute Gasteiger partial charge is 0.191 e. The Kier molecular flexibility index (Phi) is 11.7. The van der Waals surface area contributed by atoms with Crippen LogP contribution in [0.25, 0.3) is 0 Å². The van der Waals surface area contributed by atoms with Gasteiger partial charge in [-0.25, -0.2) is 0 Å². The van der Waals surface area contributed by atoms with Crippen molar-refractivity contribution in [3.8, 4) is 11.5 Å². The molecule has 0 aromatic heterocycles. The minimum atomic E-state index is 0. The Labute approximate surface area is 209 Å². The number of guanidine groups is 1. The second kappa shape index (κ2) is 14.2. The number of nitrogens with zero attached hydrogens (tertiary/aromatic N) is 2. The van der Waals surface area contributed by atoms with Crippen molar-refractivity contribution in [2.24, 2.45) is 4.99 Å². The fourth-order valence-electron chi connectivity index (χ4n) is 3.91. The minimum Gasteiger partial charge on any atom is -0.493 e. The lowest BCUT2D eigenvalue weighted by atomic mass is 10.1. The van der Waals surface area contributed by atoms with E-state index in [1.807, 2.05) is 12.1 Å². The molecule has 0 amide bonds. The van der Waals surface area contributed by atoms with Gasteiger partial charge in [0.25, 0.3) is 0 Å². The molecule has 6 nitrogen and oxygen atoms in total. The lowest BCUT2D eigenvalue weighted by Gasteiger charge is -2.26. The molecule has 7 heteroatoms. The Morgan fingerprint density at radius 2 is 1.53 bits per heavy atom. The summed E-state index contributed by atoms with van der Waals surface area (Å²) in [6.07, 6.45) is 4.91. The predicted molar refractivity (Wildman–Crippen MR) is 142 cm³/mol. The highest BCUT2D eigenvalue weighted by Gasteiger charge is 2.10. The molecule has 1 heterocycles. The molecule has 0 atom stereocenters. The number of piperidine rings is 1. The van der Waals surface area contributed by atoms with E-state index in [9.17, 15) is 0 Å². The van der Waals surface area contributed by atoms with Crippen LogP contribution >= 0.6 is 24.0 Å². The second-order valence-corrected chi connectivity index (χ2v) is 7.95. The van der Waals surface area contributed by atoms with Crippen LogP contribution in [0.3, 0.4) is 0 Å². The Hall–Kier alpha value is -2.00. The SMILES string of the molecule is CN=C(NCCc1ccc(OC)c(OC)c1)NCc1ccc(CN2CCCCC2)cc1.I. The van der Waals surface area contributed by atoms with Crippen LogP contribution in [0.2, 0.25) is 0 Å². The van der Waals surface area contributed by atoms with Gasteiger partial charge in [-0.05, 0) is 61.2 Å². The van der Waals surface area contributed by atoms with E-state index >= 15 is 0 Å². The van der Waals surface area contributed by atoms with Crippen molar-refractivity contribution in [1.29, 1.82) is 0 Å². The van der Waals surface area contributed by atoms with Crippen molar-refractivity contribution in [3.63, 3.8) is 0 Å². The number of rotatable bonds is 9. The molecule has 0 saturated carbocycles. The molecular weight excluding hydrogens is 515 g/mol. The molecule has 0 bridgehead atoms. The molecule has 1 saturated heterocycles. The van der Waals surface area contributed by atoms with Crippen molar-refractivity contribution >= 4 is 29.9 Å². The zero-order chi connectivity index (χ0) is 21.9. The van der Waals surface area contributed by atoms with E-state index in [-0.39, 0.29) is 24.0 Å². The molecule has 2 aromatic rings. The molecule has 32 heavy (non-hydrogen) atoms. The van der Waals surface area contributed by atoms with Crippen molar-refractivity contribution in [3.05, 3.63) is 59.2 Å². The summed E-state index contributed by atoms with van der Waals surface area (Å²) in [5.41, 5.74) is 3.83. The molecule has 0 spiro atoms. The molecule has 3 rings (SSSR count).